The van der Waals surface area contributed by atoms with Crippen molar-refractivity contribution >= 4 is 17.4 Å². The number of carbonyl (C=O) groups is 2. The van der Waals surface area contributed by atoms with Crippen molar-refractivity contribution < 1.29 is 19.4 Å². The number of benzene rings is 1. The number of amides is 1. The third kappa shape index (κ3) is 5.00. The smallest absolute Gasteiger partial charge is 0.295 e. The molecular weight excluding hydrogens is 394 g/mol. The fourth-order valence-corrected chi connectivity index (χ4v) is 3.57. The molecule has 1 N–H and O–H groups in total. The van der Waals surface area contributed by atoms with Crippen LogP contribution in [0.25, 0.3) is 5.76 Å². The van der Waals surface area contributed by atoms with E-state index in [1.54, 1.807) is 48.8 Å². The number of carbonyl (C=O) groups excluding carboxylic acids is 2. The summed E-state index contributed by atoms with van der Waals surface area (Å²) in [6.07, 6.45) is 5.59. The summed E-state index contributed by atoms with van der Waals surface area (Å²) < 4.78 is 5.47. The third-order valence-electron chi connectivity index (χ3n) is 5.04. The molecule has 0 radical (unpaired) electrons. The van der Waals surface area contributed by atoms with Crippen LogP contribution in [0.15, 0.2) is 67.0 Å². The van der Waals surface area contributed by atoms with E-state index >= 15 is 0 Å². The highest BCUT2D eigenvalue weighted by molar-refractivity contribution is 6.46. The highest BCUT2D eigenvalue weighted by Crippen LogP contribution is 2.39. The molecule has 2 heterocycles. The summed E-state index contributed by atoms with van der Waals surface area (Å²) in [6, 6.07) is 9.59. The number of rotatable bonds is 9. The predicted molar refractivity (Wildman–Crippen MR) is 119 cm³/mol. The van der Waals surface area contributed by atoms with E-state index in [1.807, 2.05) is 25.1 Å². The first-order valence-electron chi connectivity index (χ1n) is 10.1. The number of hydrogen-bond donors (Lipinski definition) is 1. The van der Waals surface area contributed by atoms with Crippen LogP contribution in [0.5, 0.6) is 5.75 Å². The Morgan fingerprint density at radius 2 is 2.00 bits per heavy atom. The summed E-state index contributed by atoms with van der Waals surface area (Å²) in [5.74, 6) is -0.898. The molecular formula is C24H27N3O4. The molecule has 1 fully saturated rings. The Labute approximate surface area is 182 Å². The van der Waals surface area contributed by atoms with Crippen LogP contribution in [0.2, 0.25) is 0 Å². The summed E-state index contributed by atoms with van der Waals surface area (Å²) in [5, 5.41) is 11.0. The van der Waals surface area contributed by atoms with E-state index in [1.165, 1.54) is 4.90 Å². The van der Waals surface area contributed by atoms with E-state index in [9.17, 15) is 14.7 Å². The van der Waals surface area contributed by atoms with Crippen molar-refractivity contribution in [3.05, 3.63) is 78.1 Å². The Morgan fingerprint density at radius 3 is 2.61 bits per heavy atom. The number of Topliss-reactive ketones (excluding diaryl/α,β-unsaturated/α-hetero) is 1. The van der Waals surface area contributed by atoms with Gasteiger partial charge in [-0.3, -0.25) is 14.6 Å². The zero-order chi connectivity index (χ0) is 22.4. The van der Waals surface area contributed by atoms with E-state index in [0.717, 1.165) is 6.54 Å². The van der Waals surface area contributed by atoms with E-state index in [0.29, 0.717) is 36.4 Å². The van der Waals surface area contributed by atoms with Crippen molar-refractivity contribution in [2.75, 3.05) is 33.8 Å². The maximum atomic E-state index is 12.9. The first-order valence-corrected chi connectivity index (χ1v) is 10.1. The van der Waals surface area contributed by atoms with Crippen LogP contribution in [0, 0.1) is 0 Å². The molecule has 1 aromatic heterocycles. The van der Waals surface area contributed by atoms with E-state index in [2.05, 4.69) is 11.6 Å². The van der Waals surface area contributed by atoms with Crippen LogP contribution in [0.3, 0.4) is 0 Å². The van der Waals surface area contributed by atoms with Crippen molar-refractivity contribution in [3.8, 4) is 5.75 Å². The Morgan fingerprint density at radius 1 is 1.26 bits per heavy atom. The predicted octanol–water partition coefficient (Wildman–Crippen LogP) is 3.02. The van der Waals surface area contributed by atoms with Gasteiger partial charge < -0.3 is 19.6 Å². The SMILES string of the molecule is C=CCOc1ccc(C(O)=C2C(=O)C(=O)N(CCCN(C)C)C2c2cccnc2)cc1. The molecule has 0 saturated carbocycles. The van der Waals surface area contributed by atoms with Crippen molar-refractivity contribution in [1.82, 2.24) is 14.8 Å². The molecule has 2 aromatic rings. The molecule has 162 valence electrons. The second kappa shape index (κ2) is 10.0. The number of nitrogens with zero attached hydrogens (tertiary/aromatic N) is 3. The van der Waals surface area contributed by atoms with Gasteiger partial charge in [-0.1, -0.05) is 18.7 Å². The normalized spacial score (nSPS) is 17.9. The largest absolute Gasteiger partial charge is 0.507 e. The van der Waals surface area contributed by atoms with Crippen LogP contribution in [0.4, 0.5) is 0 Å². The zero-order valence-electron chi connectivity index (χ0n) is 17.8. The minimum Gasteiger partial charge on any atom is -0.507 e. The van der Waals surface area contributed by atoms with Crippen LogP contribution in [-0.2, 0) is 9.59 Å². The topological polar surface area (TPSA) is 83.0 Å². The van der Waals surface area contributed by atoms with E-state index in [4.69, 9.17) is 4.74 Å². The van der Waals surface area contributed by atoms with Gasteiger partial charge in [-0.25, -0.2) is 0 Å². The van der Waals surface area contributed by atoms with Gasteiger partial charge in [-0.2, -0.15) is 0 Å². The lowest BCUT2D eigenvalue weighted by Gasteiger charge is -2.25. The molecule has 0 bridgehead atoms. The first-order chi connectivity index (χ1) is 14.9. The molecule has 1 aliphatic rings. The van der Waals surface area contributed by atoms with Gasteiger partial charge in [0.25, 0.3) is 11.7 Å². The molecule has 31 heavy (non-hydrogen) atoms. The highest BCUT2D eigenvalue weighted by atomic mass is 16.5. The molecule has 1 aliphatic heterocycles. The third-order valence-corrected chi connectivity index (χ3v) is 5.04. The summed E-state index contributed by atoms with van der Waals surface area (Å²) >= 11 is 0. The maximum Gasteiger partial charge on any atom is 0.295 e. The van der Waals surface area contributed by atoms with Gasteiger partial charge in [0, 0.05) is 24.5 Å². The summed E-state index contributed by atoms with van der Waals surface area (Å²) in [6.45, 7) is 5.14. The van der Waals surface area contributed by atoms with Gasteiger partial charge in [0.2, 0.25) is 0 Å². The molecule has 0 aliphatic carbocycles. The molecule has 1 unspecified atom stereocenters. The van der Waals surface area contributed by atoms with Gasteiger partial charge >= 0.3 is 0 Å². The number of pyridine rings is 1. The highest BCUT2D eigenvalue weighted by Gasteiger charge is 2.45. The zero-order valence-corrected chi connectivity index (χ0v) is 17.8. The lowest BCUT2D eigenvalue weighted by molar-refractivity contribution is -0.139. The Balaban J connectivity index is 2.00. The number of likely N-dealkylation sites (tertiary alicyclic amines) is 1. The number of aliphatic hydroxyl groups is 1. The Hall–Kier alpha value is -3.45. The minimum atomic E-state index is -0.691. The van der Waals surface area contributed by atoms with Crippen LogP contribution < -0.4 is 4.74 Å². The summed E-state index contributed by atoms with van der Waals surface area (Å²) in [7, 11) is 3.91. The molecule has 3 rings (SSSR count). The molecule has 1 amide bonds. The summed E-state index contributed by atoms with van der Waals surface area (Å²) in [4.78, 5) is 33.5. The monoisotopic (exact) mass is 421 g/mol. The summed E-state index contributed by atoms with van der Waals surface area (Å²) in [5.41, 5.74) is 1.19. The van der Waals surface area contributed by atoms with Gasteiger partial charge in [0.05, 0.1) is 11.6 Å². The van der Waals surface area contributed by atoms with Gasteiger partial charge in [-0.15, -0.1) is 0 Å². The molecule has 7 heteroatoms. The van der Waals surface area contributed by atoms with E-state index < -0.39 is 17.7 Å². The Bertz CT molecular complexity index is 968. The van der Waals surface area contributed by atoms with Gasteiger partial charge in [0.15, 0.2) is 0 Å². The lowest BCUT2D eigenvalue weighted by atomic mass is 9.96. The average molecular weight is 421 g/mol. The second-order valence-electron chi connectivity index (χ2n) is 7.56. The number of ether oxygens (including phenoxy) is 1. The van der Waals surface area contributed by atoms with Gasteiger partial charge in [0.1, 0.15) is 18.1 Å². The van der Waals surface area contributed by atoms with Crippen molar-refractivity contribution in [2.45, 2.75) is 12.5 Å². The standard InChI is InChI=1S/C24H27N3O4/c1-4-15-31-19-10-8-17(9-11-19)22(28)20-21(18-7-5-12-25-16-18)27(24(30)23(20)29)14-6-13-26(2)3/h4-5,7-12,16,21,28H,1,6,13-15H2,2-3H3. The van der Waals surface area contributed by atoms with Gasteiger partial charge in [-0.05, 0) is 63.0 Å². The minimum absolute atomic E-state index is 0.0719. The maximum absolute atomic E-state index is 12.9. The number of ketones is 1. The second-order valence-corrected chi connectivity index (χ2v) is 7.56. The van der Waals surface area contributed by atoms with Crippen molar-refractivity contribution in [3.63, 3.8) is 0 Å². The molecule has 7 nitrogen and oxygen atoms in total. The van der Waals surface area contributed by atoms with E-state index in [-0.39, 0.29) is 11.3 Å². The fraction of sp³-hybridized carbons (Fsp3) is 0.292. The quantitative estimate of drug-likeness (QED) is 0.290. The lowest BCUT2D eigenvalue weighted by Crippen LogP contribution is -2.32. The van der Waals surface area contributed by atoms with Crippen LogP contribution in [-0.4, -0.2) is 65.4 Å². The number of hydrogen-bond acceptors (Lipinski definition) is 6. The number of aliphatic hydroxyl groups excluding tert-OH is 1. The first kappa shape index (κ1) is 22.2. The Kier molecular flexibility index (Phi) is 7.20. The fourth-order valence-electron chi connectivity index (χ4n) is 3.57. The average Bonchev–Trinajstić information content (AvgIpc) is 3.03. The molecule has 1 aromatic carbocycles. The van der Waals surface area contributed by atoms with Crippen LogP contribution >= 0.6 is 0 Å². The number of aromatic nitrogens is 1. The molecule has 1 atom stereocenters. The van der Waals surface area contributed by atoms with Crippen molar-refractivity contribution in [2.24, 2.45) is 0 Å². The molecule has 1 saturated heterocycles. The molecule has 0 spiro atoms. The van der Waals surface area contributed by atoms with Crippen molar-refractivity contribution in [1.29, 1.82) is 0 Å². The van der Waals surface area contributed by atoms with Crippen LogP contribution in [0.1, 0.15) is 23.6 Å².